The molecule has 0 bridgehead atoms. The Morgan fingerprint density at radius 1 is 0.857 bits per heavy atom. The predicted molar refractivity (Wildman–Crippen MR) is 71.5 cm³/mol. The van der Waals surface area contributed by atoms with E-state index in [0.717, 1.165) is 6.04 Å². The lowest BCUT2D eigenvalue weighted by atomic mass is 10.0. The van der Waals surface area contributed by atoms with Crippen molar-refractivity contribution in [2.24, 2.45) is 0 Å². The van der Waals surface area contributed by atoms with Crippen LogP contribution in [0, 0.1) is 0 Å². The van der Waals surface area contributed by atoms with Crippen LogP contribution in [0.1, 0.15) is 58.8 Å². The van der Waals surface area contributed by atoms with Crippen LogP contribution in [0.3, 0.4) is 0 Å². The van der Waals surface area contributed by atoms with E-state index in [9.17, 15) is 0 Å². The topological polar surface area (TPSA) is 3.24 Å². The van der Waals surface area contributed by atoms with Gasteiger partial charge in [-0.15, -0.1) is 17.0 Å². The third-order valence-electron chi connectivity index (χ3n) is 2.74. The quantitative estimate of drug-likeness (QED) is 0.593. The van der Waals surface area contributed by atoms with Crippen molar-refractivity contribution >= 4 is 17.0 Å². The zero-order valence-electron chi connectivity index (χ0n) is 10.4. The number of unbranched alkanes of at least 4 members (excludes halogenated alkanes) is 3. The molecule has 1 nitrogen and oxygen atoms in total. The Labute approximate surface area is 101 Å². The molecule has 0 aromatic carbocycles. The van der Waals surface area contributed by atoms with Crippen molar-refractivity contribution in [3.63, 3.8) is 0 Å². The van der Waals surface area contributed by atoms with E-state index >= 15 is 0 Å². The first-order chi connectivity index (χ1) is 6.22. The van der Waals surface area contributed by atoms with E-state index in [0.29, 0.717) is 0 Å². The molecule has 0 radical (unpaired) electrons. The van der Waals surface area contributed by atoms with Crippen LogP contribution in [0.5, 0.6) is 0 Å². The van der Waals surface area contributed by atoms with Crippen LogP contribution in [-0.4, -0.2) is 25.0 Å². The lowest BCUT2D eigenvalue weighted by molar-refractivity contribution is 0.256. The molecule has 0 rings (SSSR count). The standard InChI is InChI=1S/C12H27N.BrH/c1-5-7-8-9-11-12(10-6-2)13(3)4;/h12H,5-11H2,1-4H3;1H. The number of hydrogen-bond donors (Lipinski definition) is 0. The van der Waals surface area contributed by atoms with Crippen LogP contribution in [0.25, 0.3) is 0 Å². The van der Waals surface area contributed by atoms with Gasteiger partial charge in [-0.2, -0.15) is 0 Å². The van der Waals surface area contributed by atoms with E-state index in [1.54, 1.807) is 0 Å². The van der Waals surface area contributed by atoms with Crippen LogP contribution in [0.2, 0.25) is 0 Å². The van der Waals surface area contributed by atoms with Gasteiger partial charge in [0.05, 0.1) is 0 Å². The normalized spacial score (nSPS) is 12.6. The second-order valence-electron chi connectivity index (χ2n) is 4.26. The maximum atomic E-state index is 2.38. The molecule has 0 spiro atoms. The molecule has 0 aromatic rings. The Balaban J connectivity index is 0. The first-order valence-corrected chi connectivity index (χ1v) is 5.88. The van der Waals surface area contributed by atoms with E-state index in [1.165, 1.54) is 44.9 Å². The first-order valence-electron chi connectivity index (χ1n) is 5.88. The zero-order valence-corrected chi connectivity index (χ0v) is 12.1. The predicted octanol–water partition coefficient (Wildman–Crippen LogP) is 4.27. The smallest absolute Gasteiger partial charge is 0.00890 e. The molecular formula is C12H28BrN. The average Bonchev–Trinajstić information content (AvgIpc) is 2.10. The molecule has 1 atom stereocenters. The summed E-state index contributed by atoms with van der Waals surface area (Å²) in [5, 5.41) is 0. The molecule has 1 unspecified atom stereocenters. The maximum Gasteiger partial charge on any atom is 0.00890 e. The fourth-order valence-corrected chi connectivity index (χ4v) is 1.80. The van der Waals surface area contributed by atoms with E-state index in [1.807, 2.05) is 0 Å². The molecular weight excluding hydrogens is 238 g/mol. The SMILES string of the molecule is Br.CCCCCCC(CCC)N(C)C. The average molecular weight is 266 g/mol. The third-order valence-corrected chi connectivity index (χ3v) is 2.74. The molecule has 0 fully saturated rings. The monoisotopic (exact) mass is 265 g/mol. The highest BCUT2D eigenvalue weighted by atomic mass is 79.9. The van der Waals surface area contributed by atoms with Gasteiger partial charge in [0.1, 0.15) is 0 Å². The fourth-order valence-electron chi connectivity index (χ4n) is 1.80. The lowest BCUT2D eigenvalue weighted by Crippen LogP contribution is -2.27. The van der Waals surface area contributed by atoms with Crippen molar-refractivity contribution < 1.29 is 0 Å². The molecule has 0 aliphatic carbocycles. The van der Waals surface area contributed by atoms with Crippen molar-refractivity contribution in [1.29, 1.82) is 0 Å². The minimum atomic E-state index is 0. The Morgan fingerprint density at radius 3 is 1.93 bits per heavy atom. The zero-order chi connectivity index (χ0) is 10.1. The fraction of sp³-hybridized carbons (Fsp3) is 1.00. The van der Waals surface area contributed by atoms with Gasteiger partial charge in [-0.25, -0.2) is 0 Å². The highest BCUT2D eigenvalue weighted by molar-refractivity contribution is 8.93. The molecule has 0 aromatic heterocycles. The van der Waals surface area contributed by atoms with Crippen molar-refractivity contribution in [3.05, 3.63) is 0 Å². The second-order valence-corrected chi connectivity index (χ2v) is 4.26. The number of nitrogens with zero attached hydrogens (tertiary/aromatic N) is 1. The van der Waals surface area contributed by atoms with Crippen LogP contribution < -0.4 is 0 Å². The van der Waals surface area contributed by atoms with Gasteiger partial charge in [0.2, 0.25) is 0 Å². The number of halogens is 1. The van der Waals surface area contributed by atoms with Gasteiger partial charge >= 0.3 is 0 Å². The summed E-state index contributed by atoms with van der Waals surface area (Å²) in [6.45, 7) is 4.55. The molecule has 2 heteroatoms. The van der Waals surface area contributed by atoms with Gasteiger partial charge in [0, 0.05) is 6.04 Å². The maximum absolute atomic E-state index is 2.38. The summed E-state index contributed by atoms with van der Waals surface area (Å²) >= 11 is 0. The summed E-state index contributed by atoms with van der Waals surface area (Å²) in [5.41, 5.74) is 0. The van der Waals surface area contributed by atoms with Crippen molar-refractivity contribution in [2.45, 2.75) is 64.8 Å². The summed E-state index contributed by atoms with van der Waals surface area (Å²) in [6.07, 6.45) is 9.66. The summed E-state index contributed by atoms with van der Waals surface area (Å²) in [7, 11) is 4.42. The molecule has 0 saturated heterocycles. The van der Waals surface area contributed by atoms with Gasteiger partial charge < -0.3 is 4.90 Å². The van der Waals surface area contributed by atoms with Gasteiger partial charge in [0.15, 0.2) is 0 Å². The molecule has 0 amide bonds. The largest absolute Gasteiger partial charge is 0.306 e. The van der Waals surface area contributed by atoms with E-state index < -0.39 is 0 Å². The molecule has 0 N–H and O–H groups in total. The summed E-state index contributed by atoms with van der Waals surface area (Å²) in [6, 6.07) is 0.821. The highest BCUT2D eigenvalue weighted by Crippen LogP contribution is 2.12. The molecule has 14 heavy (non-hydrogen) atoms. The number of hydrogen-bond acceptors (Lipinski definition) is 1. The molecule has 0 aliphatic heterocycles. The molecule has 88 valence electrons. The second kappa shape index (κ2) is 11.5. The minimum Gasteiger partial charge on any atom is -0.306 e. The Morgan fingerprint density at radius 2 is 1.50 bits per heavy atom. The van der Waals surface area contributed by atoms with Gasteiger partial charge in [-0.1, -0.05) is 46.0 Å². The summed E-state index contributed by atoms with van der Waals surface area (Å²) < 4.78 is 0. The van der Waals surface area contributed by atoms with E-state index in [4.69, 9.17) is 0 Å². The Bertz CT molecular complexity index is 104. The van der Waals surface area contributed by atoms with Crippen molar-refractivity contribution in [1.82, 2.24) is 4.90 Å². The minimum absolute atomic E-state index is 0. The Kier molecular flexibility index (Phi) is 13.9. The lowest BCUT2D eigenvalue weighted by Gasteiger charge is -2.23. The van der Waals surface area contributed by atoms with Crippen LogP contribution in [0.4, 0.5) is 0 Å². The van der Waals surface area contributed by atoms with Gasteiger partial charge in [-0.3, -0.25) is 0 Å². The number of rotatable bonds is 8. The van der Waals surface area contributed by atoms with Crippen molar-refractivity contribution in [3.8, 4) is 0 Å². The van der Waals surface area contributed by atoms with Crippen molar-refractivity contribution in [2.75, 3.05) is 14.1 Å². The van der Waals surface area contributed by atoms with E-state index in [2.05, 4.69) is 32.8 Å². The molecule has 0 aliphatic rings. The van der Waals surface area contributed by atoms with Gasteiger partial charge in [-0.05, 0) is 26.9 Å². The van der Waals surface area contributed by atoms with Crippen LogP contribution >= 0.6 is 17.0 Å². The Hall–Kier alpha value is 0.440. The molecule has 0 saturated carbocycles. The molecule has 0 heterocycles. The first kappa shape index (κ1) is 16.9. The highest BCUT2D eigenvalue weighted by Gasteiger charge is 2.08. The van der Waals surface area contributed by atoms with Crippen LogP contribution in [0.15, 0.2) is 0 Å². The van der Waals surface area contributed by atoms with Crippen LogP contribution in [-0.2, 0) is 0 Å². The van der Waals surface area contributed by atoms with E-state index in [-0.39, 0.29) is 17.0 Å². The summed E-state index contributed by atoms with van der Waals surface area (Å²) in [5.74, 6) is 0. The van der Waals surface area contributed by atoms with Gasteiger partial charge in [0.25, 0.3) is 0 Å². The third kappa shape index (κ3) is 9.01. The summed E-state index contributed by atoms with van der Waals surface area (Å²) in [4.78, 5) is 2.38.